The van der Waals surface area contributed by atoms with Gasteiger partial charge in [-0.25, -0.2) is 0 Å². The van der Waals surface area contributed by atoms with Crippen molar-refractivity contribution >= 4 is 45.8 Å². The van der Waals surface area contributed by atoms with Crippen molar-refractivity contribution < 1.29 is 9.59 Å². The minimum atomic E-state index is -0.262. The second-order valence-electron chi connectivity index (χ2n) is 5.91. The lowest BCUT2D eigenvalue weighted by molar-refractivity contribution is -0.127. The van der Waals surface area contributed by atoms with Gasteiger partial charge in [0.1, 0.15) is 0 Å². The van der Waals surface area contributed by atoms with Crippen LogP contribution in [0.4, 0.5) is 5.69 Å². The first-order chi connectivity index (χ1) is 10.6. The minimum absolute atomic E-state index is 0. The molecule has 2 aliphatic heterocycles. The number of anilines is 1. The number of rotatable bonds is 3. The van der Waals surface area contributed by atoms with Crippen LogP contribution in [0.2, 0.25) is 0 Å². The molecule has 5 nitrogen and oxygen atoms in total. The van der Waals surface area contributed by atoms with Gasteiger partial charge in [0.15, 0.2) is 0 Å². The Morgan fingerprint density at radius 1 is 1.35 bits per heavy atom. The topological polar surface area (TPSA) is 61.4 Å². The van der Waals surface area contributed by atoms with Crippen molar-refractivity contribution in [2.24, 2.45) is 5.92 Å². The van der Waals surface area contributed by atoms with Crippen molar-refractivity contribution in [2.75, 3.05) is 24.5 Å². The summed E-state index contributed by atoms with van der Waals surface area (Å²) in [5, 5.41) is 6.36. The van der Waals surface area contributed by atoms with Gasteiger partial charge in [0, 0.05) is 30.0 Å². The third-order valence-electron chi connectivity index (χ3n) is 4.28. The van der Waals surface area contributed by atoms with E-state index in [9.17, 15) is 9.59 Å². The van der Waals surface area contributed by atoms with Crippen LogP contribution >= 0.6 is 28.3 Å². The van der Waals surface area contributed by atoms with E-state index in [0.717, 1.165) is 36.1 Å². The summed E-state index contributed by atoms with van der Waals surface area (Å²) in [5.41, 5.74) is 0.835. The van der Waals surface area contributed by atoms with Gasteiger partial charge in [0.05, 0.1) is 11.6 Å². The predicted molar refractivity (Wildman–Crippen MR) is 95.9 cm³/mol. The Labute approximate surface area is 150 Å². The number of amides is 2. The maximum absolute atomic E-state index is 12.4. The van der Waals surface area contributed by atoms with Gasteiger partial charge in [-0.05, 0) is 47.4 Å². The molecule has 2 aliphatic rings. The molecule has 0 aliphatic carbocycles. The lowest BCUT2D eigenvalue weighted by Gasteiger charge is -2.25. The molecule has 1 aromatic rings. The highest BCUT2D eigenvalue weighted by atomic mass is 79.9. The van der Waals surface area contributed by atoms with E-state index in [0.29, 0.717) is 6.54 Å². The monoisotopic (exact) mass is 401 g/mol. The third kappa shape index (κ3) is 4.25. The molecule has 2 saturated heterocycles. The average molecular weight is 403 g/mol. The third-order valence-corrected chi connectivity index (χ3v) is 4.95. The van der Waals surface area contributed by atoms with Gasteiger partial charge >= 0.3 is 0 Å². The number of benzene rings is 1. The molecule has 0 aromatic heterocycles. The van der Waals surface area contributed by atoms with Crippen LogP contribution in [0.1, 0.15) is 19.3 Å². The number of nitrogens with zero attached hydrogens (tertiary/aromatic N) is 1. The standard InChI is InChI=1S/C16H20BrN3O2.ClH/c17-13-5-1-2-6-14(13)20-10-11(8-15(20)21)16(22)19-12-4-3-7-18-9-12;/h1-2,5-6,11-12,18H,3-4,7-10H2,(H,19,22);1H/t11?,12-;/m0./s1. The molecule has 23 heavy (non-hydrogen) atoms. The molecule has 126 valence electrons. The molecule has 0 saturated carbocycles. The minimum Gasteiger partial charge on any atom is -0.352 e. The highest BCUT2D eigenvalue weighted by molar-refractivity contribution is 9.10. The molecule has 2 heterocycles. The summed E-state index contributed by atoms with van der Waals surface area (Å²) in [7, 11) is 0. The van der Waals surface area contributed by atoms with Crippen LogP contribution in [0.5, 0.6) is 0 Å². The van der Waals surface area contributed by atoms with Gasteiger partial charge in [-0.3, -0.25) is 9.59 Å². The first-order valence-electron chi connectivity index (χ1n) is 7.71. The molecule has 0 radical (unpaired) electrons. The molecule has 2 amide bonds. The molecule has 2 N–H and O–H groups in total. The molecular formula is C16H21BrClN3O2. The maximum atomic E-state index is 12.4. The zero-order valence-electron chi connectivity index (χ0n) is 12.8. The maximum Gasteiger partial charge on any atom is 0.227 e. The van der Waals surface area contributed by atoms with Crippen molar-refractivity contribution in [3.05, 3.63) is 28.7 Å². The van der Waals surface area contributed by atoms with E-state index in [4.69, 9.17) is 0 Å². The number of carbonyl (C=O) groups is 2. The molecule has 1 aromatic carbocycles. The van der Waals surface area contributed by atoms with Crippen LogP contribution in [-0.2, 0) is 9.59 Å². The van der Waals surface area contributed by atoms with E-state index >= 15 is 0 Å². The second kappa shape index (κ2) is 8.13. The lowest BCUT2D eigenvalue weighted by atomic mass is 10.0. The van der Waals surface area contributed by atoms with Gasteiger partial charge in [-0.2, -0.15) is 0 Å². The predicted octanol–water partition coefficient (Wildman–Crippen LogP) is 2.09. The number of halogens is 2. The van der Waals surface area contributed by atoms with E-state index in [1.807, 2.05) is 24.3 Å². The number of hydrogen-bond donors (Lipinski definition) is 2. The Balaban J connectivity index is 0.00000192. The Hall–Kier alpha value is -1.11. The van der Waals surface area contributed by atoms with Crippen LogP contribution in [0.3, 0.4) is 0 Å². The smallest absolute Gasteiger partial charge is 0.227 e. The zero-order valence-corrected chi connectivity index (χ0v) is 15.2. The second-order valence-corrected chi connectivity index (χ2v) is 6.76. The number of hydrogen-bond acceptors (Lipinski definition) is 3. The van der Waals surface area contributed by atoms with E-state index in [1.165, 1.54) is 0 Å². The number of nitrogens with one attached hydrogen (secondary N) is 2. The SMILES string of the molecule is Cl.O=C(N[C@H]1CCCNC1)C1CC(=O)N(c2ccccc2Br)C1. The highest BCUT2D eigenvalue weighted by Gasteiger charge is 2.36. The lowest BCUT2D eigenvalue weighted by Crippen LogP contribution is -2.47. The first kappa shape index (κ1) is 18.2. The van der Waals surface area contributed by atoms with Crippen LogP contribution < -0.4 is 15.5 Å². The zero-order chi connectivity index (χ0) is 15.5. The summed E-state index contributed by atoms with van der Waals surface area (Å²) in [6, 6.07) is 7.80. The van der Waals surface area contributed by atoms with E-state index < -0.39 is 0 Å². The summed E-state index contributed by atoms with van der Waals surface area (Å²) < 4.78 is 0.876. The number of carbonyl (C=O) groups excluding carboxylic acids is 2. The van der Waals surface area contributed by atoms with E-state index in [-0.39, 0.29) is 42.6 Å². The van der Waals surface area contributed by atoms with Crippen LogP contribution in [0, 0.1) is 5.92 Å². The van der Waals surface area contributed by atoms with E-state index in [2.05, 4.69) is 26.6 Å². The number of piperidine rings is 1. The van der Waals surface area contributed by atoms with Crippen molar-refractivity contribution in [1.82, 2.24) is 10.6 Å². The molecule has 0 bridgehead atoms. The van der Waals surface area contributed by atoms with Crippen LogP contribution in [0.25, 0.3) is 0 Å². The summed E-state index contributed by atoms with van der Waals surface area (Å²) in [5.74, 6) is -0.257. The molecule has 3 rings (SSSR count). The molecule has 0 spiro atoms. The summed E-state index contributed by atoms with van der Waals surface area (Å²) in [6.45, 7) is 2.29. The Kier molecular flexibility index (Phi) is 6.44. The molecule has 2 fully saturated rings. The average Bonchev–Trinajstić information content (AvgIpc) is 2.91. The van der Waals surface area contributed by atoms with E-state index in [1.54, 1.807) is 4.90 Å². The van der Waals surface area contributed by atoms with Crippen molar-refractivity contribution in [1.29, 1.82) is 0 Å². The fourth-order valence-electron chi connectivity index (χ4n) is 3.08. The first-order valence-corrected chi connectivity index (χ1v) is 8.50. The summed E-state index contributed by atoms with van der Waals surface area (Å²) in [4.78, 5) is 26.3. The quantitative estimate of drug-likeness (QED) is 0.814. The molecule has 7 heteroatoms. The van der Waals surface area contributed by atoms with Crippen molar-refractivity contribution in [3.8, 4) is 0 Å². The van der Waals surface area contributed by atoms with Crippen LogP contribution in [-0.4, -0.2) is 37.5 Å². The largest absolute Gasteiger partial charge is 0.352 e. The Morgan fingerprint density at radius 2 is 2.13 bits per heavy atom. The van der Waals surface area contributed by atoms with Crippen molar-refractivity contribution in [2.45, 2.75) is 25.3 Å². The molecule has 2 atom stereocenters. The fraction of sp³-hybridized carbons (Fsp3) is 0.500. The number of para-hydroxylation sites is 1. The fourth-order valence-corrected chi connectivity index (χ4v) is 3.58. The Bertz CT molecular complexity index is 578. The van der Waals surface area contributed by atoms with Gasteiger partial charge in [-0.1, -0.05) is 12.1 Å². The Morgan fingerprint density at radius 3 is 2.83 bits per heavy atom. The van der Waals surface area contributed by atoms with Gasteiger partial charge < -0.3 is 15.5 Å². The molecular weight excluding hydrogens is 382 g/mol. The summed E-state index contributed by atoms with van der Waals surface area (Å²) in [6.07, 6.45) is 2.37. The van der Waals surface area contributed by atoms with Crippen molar-refractivity contribution in [3.63, 3.8) is 0 Å². The van der Waals surface area contributed by atoms with Gasteiger partial charge in [-0.15, -0.1) is 12.4 Å². The molecule has 1 unspecified atom stereocenters. The van der Waals surface area contributed by atoms with Gasteiger partial charge in [0.2, 0.25) is 11.8 Å². The highest BCUT2D eigenvalue weighted by Crippen LogP contribution is 2.31. The summed E-state index contributed by atoms with van der Waals surface area (Å²) >= 11 is 3.47. The van der Waals surface area contributed by atoms with Gasteiger partial charge in [0.25, 0.3) is 0 Å². The normalized spacial score (nSPS) is 24.2. The van der Waals surface area contributed by atoms with Crippen LogP contribution in [0.15, 0.2) is 28.7 Å².